The Bertz CT molecular complexity index is 631. The van der Waals surface area contributed by atoms with Crippen molar-refractivity contribution in [3.05, 3.63) is 48.9 Å². The lowest BCUT2D eigenvalue weighted by Crippen LogP contribution is -1.89. The summed E-state index contributed by atoms with van der Waals surface area (Å²) in [5.41, 5.74) is 1.58. The van der Waals surface area contributed by atoms with Crippen LogP contribution in [0.25, 0.3) is 22.3 Å². The van der Waals surface area contributed by atoms with Gasteiger partial charge >= 0.3 is 0 Å². The van der Waals surface area contributed by atoms with E-state index in [4.69, 9.17) is 0 Å². The molecule has 0 saturated heterocycles. The molecule has 0 spiro atoms. The van der Waals surface area contributed by atoms with Crippen molar-refractivity contribution in [1.82, 2.24) is 14.8 Å². The summed E-state index contributed by atoms with van der Waals surface area (Å²) in [7, 11) is 0. The van der Waals surface area contributed by atoms with Crippen molar-refractivity contribution in [2.75, 3.05) is 0 Å². The number of fused-ring (bicyclic) bond motifs is 1. The molecule has 0 aliphatic heterocycles. The van der Waals surface area contributed by atoms with Crippen LogP contribution in [0, 0.1) is 0 Å². The first-order valence-corrected chi connectivity index (χ1v) is 4.89. The van der Waals surface area contributed by atoms with Gasteiger partial charge in [0.15, 0.2) is 0 Å². The number of halogens is 1. The molecule has 0 fully saturated rings. The summed E-state index contributed by atoms with van der Waals surface area (Å²) >= 11 is 0. The molecular weight excluding hydrogens is 205 g/mol. The Labute approximate surface area is 91.1 Å². The second kappa shape index (κ2) is 3.41. The highest BCUT2D eigenvalue weighted by Gasteiger charge is 2.10. The molecule has 78 valence electrons. The zero-order valence-corrected chi connectivity index (χ0v) is 8.34. The molecule has 0 unspecified atom stereocenters. The third kappa shape index (κ3) is 1.27. The number of benzene rings is 1. The zero-order valence-electron chi connectivity index (χ0n) is 8.34. The SMILES string of the molecule is Fn1c(-c2ccncn2)cc2ccccc21. The highest BCUT2D eigenvalue weighted by atomic mass is 19.2. The molecule has 0 N–H and O–H groups in total. The summed E-state index contributed by atoms with van der Waals surface area (Å²) < 4.78 is 14.0. The second-order valence-electron chi connectivity index (χ2n) is 3.46. The Morgan fingerprint density at radius 1 is 1.12 bits per heavy atom. The zero-order chi connectivity index (χ0) is 11.0. The number of hydrogen-bond acceptors (Lipinski definition) is 2. The molecule has 16 heavy (non-hydrogen) atoms. The Hall–Kier alpha value is -2.23. The van der Waals surface area contributed by atoms with E-state index in [0.717, 1.165) is 5.39 Å². The van der Waals surface area contributed by atoms with E-state index in [-0.39, 0.29) is 0 Å². The van der Waals surface area contributed by atoms with E-state index >= 15 is 0 Å². The van der Waals surface area contributed by atoms with Crippen molar-refractivity contribution in [2.45, 2.75) is 0 Å². The van der Waals surface area contributed by atoms with Crippen LogP contribution in [0.5, 0.6) is 0 Å². The summed E-state index contributed by atoms with van der Waals surface area (Å²) in [6.07, 6.45) is 3.01. The summed E-state index contributed by atoms with van der Waals surface area (Å²) in [6.45, 7) is 0. The normalized spacial score (nSPS) is 10.8. The third-order valence-electron chi connectivity index (χ3n) is 2.50. The van der Waals surface area contributed by atoms with Crippen LogP contribution in [-0.4, -0.2) is 14.8 Å². The maximum absolute atomic E-state index is 14.0. The predicted octanol–water partition coefficient (Wildman–Crippen LogP) is 2.83. The molecule has 0 aliphatic carbocycles. The molecule has 1 aromatic carbocycles. The van der Waals surface area contributed by atoms with E-state index in [0.29, 0.717) is 21.7 Å². The quantitative estimate of drug-likeness (QED) is 0.622. The summed E-state index contributed by atoms with van der Waals surface area (Å²) in [5, 5.41) is 0.860. The van der Waals surface area contributed by atoms with Gasteiger partial charge in [0.25, 0.3) is 0 Å². The highest BCUT2D eigenvalue weighted by molar-refractivity contribution is 5.85. The Kier molecular flexibility index (Phi) is 1.93. The summed E-state index contributed by atoms with van der Waals surface area (Å²) in [5.74, 6) is 0. The predicted molar refractivity (Wildman–Crippen MR) is 59.5 cm³/mol. The fourth-order valence-electron chi connectivity index (χ4n) is 1.74. The number of hydrogen-bond donors (Lipinski definition) is 0. The summed E-state index contributed by atoms with van der Waals surface area (Å²) in [4.78, 5) is 8.50. The van der Waals surface area contributed by atoms with Crippen molar-refractivity contribution in [3.63, 3.8) is 0 Å². The van der Waals surface area contributed by atoms with E-state index in [9.17, 15) is 4.48 Å². The molecule has 0 bridgehead atoms. The molecule has 3 aromatic rings. The fraction of sp³-hybridized carbons (Fsp3) is 0. The van der Waals surface area contributed by atoms with Gasteiger partial charge in [-0.3, -0.25) is 0 Å². The Morgan fingerprint density at radius 3 is 2.75 bits per heavy atom. The number of aromatic nitrogens is 3. The van der Waals surface area contributed by atoms with Gasteiger partial charge in [0.2, 0.25) is 0 Å². The fourth-order valence-corrected chi connectivity index (χ4v) is 1.74. The van der Waals surface area contributed by atoms with Crippen molar-refractivity contribution in [1.29, 1.82) is 0 Å². The lowest BCUT2D eigenvalue weighted by Gasteiger charge is -1.97. The molecule has 2 heterocycles. The van der Waals surface area contributed by atoms with Gasteiger partial charge in [-0.05, 0) is 18.2 Å². The van der Waals surface area contributed by atoms with Crippen LogP contribution in [0.15, 0.2) is 48.9 Å². The lowest BCUT2D eigenvalue weighted by molar-refractivity contribution is 0.393. The molecular formula is C12H8FN3. The van der Waals surface area contributed by atoms with E-state index in [2.05, 4.69) is 9.97 Å². The van der Waals surface area contributed by atoms with E-state index in [1.54, 1.807) is 24.4 Å². The molecule has 0 radical (unpaired) electrons. The van der Waals surface area contributed by atoms with Gasteiger partial charge in [0, 0.05) is 11.6 Å². The van der Waals surface area contributed by atoms with Gasteiger partial charge in [-0.15, -0.1) is 0 Å². The molecule has 3 rings (SSSR count). The highest BCUT2D eigenvalue weighted by Crippen LogP contribution is 2.26. The maximum atomic E-state index is 14.0. The second-order valence-corrected chi connectivity index (χ2v) is 3.46. The maximum Gasteiger partial charge on any atom is 0.116 e. The smallest absolute Gasteiger partial charge is 0.116 e. The Morgan fingerprint density at radius 2 is 2.00 bits per heavy atom. The topological polar surface area (TPSA) is 30.7 Å². The molecule has 0 atom stereocenters. The molecule has 0 saturated carbocycles. The largest absolute Gasteiger partial charge is 0.245 e. The van der Waals surface area contributed by atoms with E-state index < -0.39 is 0 Å². The van der Waals surface area contributed by atoms with Crippen molar-refractivity contribution in [3.8, 4) is 11.4 Å². The number of para-hydroxylation sites is 1. The average molecular weight is 213 g/mol. The summed E-state index contributed by atoms with van der Waals surface area (Å²) in [6, 6.07) is 10.8. The van der Waals surface area contributed by atoms with Gasteiger partial charge in [0.1, 0.15) is 12.0 Å². The van der Waals surface area contributed by atoms with Gasteiger partial charge in [-0.1, -0.05) is 22.7 Å². The Balaban J connectivity index is 2.29. The van der Waals surface area contributed by atoms with Crippen molar-refractivity contribution in [2.24, 2.45) is 0 Å². The first kappa shape index (κ1) is 9.03. The molecule has 0 aliphatic rings. The van der Waals surface area contributed by atoms with E-state index in [1.165, 1.54) is 6.33 Å². The van der Waals surface area contributed by atoms with Crippen LogP contribution >= 0.6 is 0 Å². The van der Waals surface area contributed by atoms with Gasteiger partial charge in [0.05, 0.1) is 11.2 Å². The van der Waals surface area contributed by atoms with Crippen LogP contribution in [0.3, 0.4) is 0 Å². The van der Waals surface area contributed by atoms with Crippen LogP contribution in [0.4, 0.5) is 4.48 Å². The van der Waals surface area contributed by atoms with Gasteiger partial charge < -0.3 is 0 Å². The van der Waals surface area contributed by atoms with Crippen molar-refractivity contribution >= 4 is 10.9 Å². The molecule has 3 nitrogen and oxygen atoms in total. The third-order valence-corrected chi connectivity index (χ3v) is 2.50. The molecule has 4 heteroatoms. The number of nitrogens with zero attached hydrogens (tertiary/aromatic N) is 3. The van der Waals surface area contributed by atoms with Crippen molar-refractivity contribution < 1.29 is 4.48 Å². The first-order chi connectivity index (χ1) is 7.86. The van der Waals surface area contributed by atoms with Crippen LogP contribution < -0.4 is 0 Å². The molecule has 2 aromatic heterocycles. The lowest BCUT2D eigenvalue weighted by atomic mass is 10.2. The number of rotatable bonds is 1. The first-order valence-electron chi connectivity index (χ1n) is 4.89. The van der Waals surface area contributed by atoms with Crippen LogP contribution in [-0.2, 0) is 0 Å². The molecule has 0 amide bonds. The van der Waals surface area contributed by atoms with Gasteiger partial charge in [-0.25, -0.2) is 9.97 Å². The monoisotopic (exact) mass is 213 g/mol. The average Bonchev–Trinajstić information content (AvgIpc) is 2.69. The van der Waals surface area contributed by atoms with Gasteiger partial charge in [-0.2, -0.15) is 4.79 Å². The standard InChI is InChI=1S/C12H8FN3/c13-16-11-4-2-1-3-9(11)7-12(16)10-5-6-14-8-15-10/h1-8H. The minimum Gasteiger partial charge on any atom is -0.245 e. The van der Waals surface area contributed by atoms with E-state index in [1.807, 2.05) is 18.2 Å². The minimum absolute atomic E-state index is 0.448. The van der Waals surface area contributed by atoms with Crippen LogP contribution in [0.1, 0.15) is 0 Å². The minimum atomic E-state index is 0.448. The van der Waals surface area contributed by atoms with Crippen LogP contribution in [0.2, 0.25) is 0 Å².